The highest BCUT2D eigenvalue weighted by Crippen LogP contribution is 2.34. The van der Waals surface area contributed by atoms with Crippen LogP contribution < -0.4 is 5.32 Å². The Kier molecular flexibility index (Phi) is 5.03. The van der Waals surface area contributed by atoms with Gasteiger partial charge in [0.05, 0.1) is 40.2 Å². The number of hydrogen-bond donors (Lipinski definition) is 3. The zero-order valence-corrected chi connectivity index (χ0v) is 19.2. The minimum absolute atomic E-state index is 0.0944. The van der Waals surface area contributed by atoms with E-state index in [0.717, 1.165) is 16.8 Å². The molecule has 0 fully saturated rings. The lowest BCUT2D eigenvalue weighted by Crippen LogP contribution is -2.09. The molecular weight excluding hydrogens is 467 g/mol. The van der Waals surface area contributed by atoms with E-state index in [0.29, 0.717) is 40.2 Å². The van der Waals surface area contributed by atoms with Gasteiger partial charge in [-0.15, -0.1) is 0 Å². The highest BCUT2D eigenvalue weighted by atomic mass is 32.1. The van der Waals surface area contributed by atoms with Gasteiger partial charge in [0.1, 0.15) is 16.9 Å². The maximum Gasteiger partial charge on any atom is 0.224 e. The van der Waals surface area contributed by atoms with Crippen LogP contribution in [-0.2, 0) is 4.79 Å². The second kappa shape index (κ2) is 8.37. The van der Waals surface area contributed by atoms with E-state index in [1.54, 1.807) is 30.5 Å². The number of imidazole rings is 1. The molecule has 9 nitrogen and oxygen atoms in total. The number of rotatable bonds is 5. The van der Waals surface area contributed by atoms with Gasteiger partial charge in [0.2, 0.25) is 5.91 Å². The molecule has 6 aromatic rings. The highest BCUT2D eigenvalue weighted by Gasteiger charge is 2.21. The Balaban J connectivity index is 1.48. The summed E-state index contributed by atoms with van der Waals surface area (Å²) in [5, 5.41) is 14.1. The first-order valence-electron chi connectivity index (χ1n) is 10.8. The number of halogens is 1. The van der Waals surface area contributed by atoms with Crippen LogP contribution in [0.3, 0.4) is 0 Å². The molecule has 1 amide bonds. The van der Waals surface area contributed by atoms with Gasteiger partial charge in [-0.2, -0.15) is 16.4 Å². The number of H-pyrrole nitrogens is 2. The van der Waals surface area contributed by atoms with Crippen molar-refractivity contribution in [3.8, 4) is 34.0 Å². The Labute approximate surface area is 201 Å². The van der Waals surface area contributed by atoms with Crippen LogP contribution in [0.15, 0.2) is 53.7 Å². The summed E-state index contributed by atoms with van der Waals surface area (Å²) in [4.78, 5) is 32.6. The largest absolute Gasteiger partial charge is 0.336 e. The van der Waals surface area contributed by atoms with Gasteiger partial charge in [-0.1, -0.05) is 6.92 Å². The molecule has 0 aliphatic rings. The van der Waals surface area contributed by atoms with Crippen LogP contribution >= 0.6 is 11.3 Å². The number of anilines is 1. The van der Waals surface area contributed by atoms with E-state index in [9.17, 15) is 4.79 Å². The minimum Gasteiger partial charge on any atom is -0.336 e. The summed E-state index contributed by atoms with van der Waals surface area (Å²) >= 11 is 1.58. The number of amides is 1. The molecule has 6 aromatic heterocycles. The number of hydrogen-bond acceptors (Lipinski definition) is 7. The lowest BCUT2D eigenvalue weighted by atomic mass is 10.1. The van der Waals surface area contributed by atoms with Gasteiger partial charge in [-0.05, 0) is 23.6 Å². The molecule has 0 unspecified atom stereocenters. The number of thiophene rings is 1. The normalized spacial score (nSPS) is 11.4. The van der Waals surface area contributed by atoms with Gasteiger partial charge in [-0.25, -0.2) is 9.37 Å². The van der Waals surface area contributed by atoms with Crippen LogP contribution in [0.5, 0.6) is 0 Å². The summed E-state index contributed by atoms with van der Waals surface area (Å²) in [5.41, 5.74) is 4.90. The molecule has 0 spiro atoms. The predicted molar refractivity (Wildman–Crippen MR) is 132 cm³/mol. The number of carbonyl (C=O) groups excluding carboxylic acids is 1. The fraction of sp³-hybridized carbons (Fsp3) is 0.0833. The number of nitrogens with zero attached hydrogens (tertiary/aromatic N) is 5. The van der Waals surface area contributed by atoms with E-state index in [2.05, 4.69) is 35.5 Å². The van der Waals surface area contributed by atoms with Crippen LogP contribution in [-0.4, -0.2) is 41.0 Å². The third kappa shape index (κ3) is 3.62. The topological polar surface area (TPSA) is 125 Å². The summed E-state index contributed by atoms with van der Waals surface area (Å²) in [7, 11) is 0. The van der Waals surface area contributed by atoms with E-state index in [-0.39, 0.29) is 17.0 Å². The SMILES string of the molecule is CCC(=O)Nc1cncc(-c2ncc3[nH]nc(-c4nc5c(-c6ccsc6)nccc5[nH]4)c3c2F)c1. The van der Waals surface area contributed by atoms with Crippen molar-refractivity contribution in [3.63, 3.8) is 0 Å². The first-order valence-corrected chi connectivity index (χ1v) is 11.7. The first kappa shape index (κ1) is 21.1. The molecule has 3 N–H and O–H groups in total. The summed E-state index contributed by atoms with van der Waals surface area (Å²) in [6, 6.07) is 5.44. The number of carbonyl (C=O) groups is 1. The maximum atomic E-state index is 15.9. The maximum absolute atomic E-state index is 15.9. The quantitative estimate of drug-likeness (QED) is 0.310. The van der Waals surface area contributed by atoms with Crippen LogP contribution in [0.2, 0.25) is 0 Å². The molecule has 0 aromatic carbocycles. The van der Waals surface area contributed by atoms with Gasteiger partial charge in [0.25, 0.3) is 0 Å². The zero-order valence-electron chi connectivity index (χ0n) is 18.3. The lowest BCUT2D eigenvalue weighted by Gasteiger charge is -2.07. The van der Waals surface area contributed by atoms with Gasteiger partial charge in [0, 0.05) is 35.3 Å². The Morgan fingerprint density at radius 3 is 2.83 bits per heavy atom. The molecule has 0 radical (unpaired) electrons. The monoisotopic (exact) mass is 484 g/mol. The van der Waals surface area contributed by atoms with Crippen molar-refractivity contribution in [2.45, 2.75) is 13.3 Å². The highest BCUT2D eigenvalue weighted by molar-refractivity contribution is 7.08. The van der Waals surface area contributed by atoms with Crippen LogP contribution in [0.4, 0.5) is 10.1 Å². The fourth-order valence-electron chi connectivity index (χ4n) is 3.89. The third-order valence-electron chi connectivity index (χ3n) is 5.58. The van der Waals surface area contributed by atoms with Gasteiger partial charge in [0.15, 0.2) is 11.6 Å². The number of aromatic nitrogens is 7. The molecule has 0 bridgehead atoms. The zero-order chi connectivity index (χ0) is 23.9. The average molecular weight is 485 g/mol. The van der Waals surface area contributed by atoms with Crippen molar-refractivity contribution >= 4 is 44.9 Å². The second-order valence-corrected chi connectivity index (χ2v) is 8.58. The number of nitrogens with one attached hydrogen (secondary N) is 3. The molecule has 0 aliphatic heterocycles. The van der Waals surface area contributed by atoms with Crippen molar-refractivity contribution in [2.75, 3.05) is 5.32 Å². The van der Waals surface area contributed by atoms with Crippen LogP contribution in [0.1, 0.15) is 13.3 Å². The minimum atomic E-state index is -0.566. The molecular formula is C24H17FN8OS. The fourth-order valence-corrected chi connectivity index (χ4v) is 4.53. The van der Waals surface area contributed by atoms with Gasteiger partial charge in [-0.3, -0.25) is 24.8 Å². The average Bonchev–Trinajstić information content (AvgIpc) is 3.63. The molecule has 0 aliphatic carbocycles. The molecule has 6 heterocycles. The van der Waals surface area contributed by atoms with Crippen molar-refractivity contribution in [2.24, 2.45) is 0 Å². The molecule has 0 saturated carbocycles. The first-order chi connectivity index (χ1) is 17.1. The number of fused-ring (bicyclic) bond motifs is 2. The summed E-state index contributed by atoms with van der Waals surface area (Å²) < 4.78 is 15.9. The Bertz CT molecular complexity index is 1710. The molecule has 11 heteroatoms. The van der Waals surface area contributed by atoms with Gasteiger partial charge >= 0.3 is 0 Å². The Morgan fingerprint density at radius 2 is 2.00 bits per heavy atom. The molecule has 0 atom stereocenters. The Morgan fingerprint density at radius 1 is 1.09 bits per heavy atom. The van der Waals surface area contributed by atoms with E-state index in [1.807, 2.05) is 22.9 Å². The number of aromatic amines is 2. The van der Waals surface area contributed by atoms with Crippen molar-refractivity contribution in [1.82, 2.24) is 35.1 Å². The molecule has 35 heavy (non-hydrogen) atoms. The summed E-state index contributed by atoms with van der Waals surface area (Å²) in [6.45, 7) is 1.75. The van der Waals surface area contributed by atoms with E-state index >= 15 is 4.39 Å². The van der Waals surface area contributed by atoms with Crippen LogP contribution in [0, 0.1) is 5.82 Å². The lowest BCUT2D eigenvalue weighted by molar-refractivity contribution is -0.115. The molecule has 172 valence electrons. The Hall–Kier alpha value is -4.51. The van der Waals surface area contributed by atoms with Gasteiger partial charge < -0.3 is 10.3 Å². The van der Waals surface area contributed by atoms with Crippen LogP contribution in [0.25, 0.3) is 56.0 Å². The standard InChI is InChI=1S/C24H17FN8OS/c1-2-17(34)29-14-7-13(8-26-9-14)20-19(25)18-16(10-28-20)32-33-23(18)24-30-15-3-5-27-21(22(15)31-24)12-4-6-35-11-12/h3-11H,2H2,1H3,(H,29,34)(H,30,31)(H,32,33). The van der Waals surface area contributed by atoms with E-state index in [4.69, 9.17) is 4.98 Å². The summed E-state index contributed by atoms with van der Waals surface area (Å²) in [6.07, 6.45) is 6.55. The third-order valence-corrected chi connectivity index (χ3v) is 6.26. The number of pyridine rings is 3. The van der Waals surface area contributed by atoms with E-state index < -0.39 is 5.82 Å². The second-order valence-electron chi connectivity index (χ2n) is 7.80. The van der Waals surface area contributed by atoms with Crippen molar-refractivity contribution in [1.29, 1.82) is 0 Å². The molecule has 0 saturated heterocycles. The predicted octanol–water partition coefficient (Wildman–Crippen LogP) is 5.17. The van der Waals surface area contributed by atoms with Crippen molar-refractivity contribution < 1.29 is 9.18 Å². The van der Waals surface area contributed by atoms with Crippen molar-refractivity contribution in [3.05, 3.63) is 59.6 Å². The summed E-state index contributed by atoms with van der Waals surface area (Å²) in [5.74, 6) is -0.316. The molecule has 6 rings (SSSR count). The van der Waals surface area contributed by atoms with E-state index in [1.165, 1.54) is 18.6 Å². The smallest absolute Gasteiger partial charge is 0.224 e.